The van der Waals surface area contributed by atoms with Crippen LogP contribution in [0, 0.1) is 27.7 Å². The van der Waals surface area contributed by atoms with Gasteiger partial charge >= 0.3 is 59.1 Å². The molecule has 1 aromatic carbocycles. The third kappa shape index (κ3) is 6.37. The van der Waals surface area contributed by atoms with E-state index in [0.717, 1.165) is 0 Å². The number of aryl methyl sites for hydroxylation is 3. The molecular weight excluding hydrogens is 464 g/mol. The fourth-order valence-corrected chi connectivity index (χ4v) is 3.74. The Bertz CT molecular complexity index is 1360. The molecule has 35 heavy (non-hydrogen) atoms. The Morgan fingerprint density at radius 3 is 2.09 bits per heavy atom. The molecule has 0 unspecified atom stereocenters. The minimum Gasteiger partial charge on any atom is -0.872 e. The van der Waals surface area contributed by atoms with Crippen LogP contribution in [0.4, 0.5) is 0 Å². The molecule has 0 bridgehead atoms. The van der Waals surface area contributed by atoms with E-state index in [1.807, 2.05) is 27.7 Å². The summed E-state index contributed by atoms with van der Waals surface area (Å²) in [6.07, 6.45) is 0. The monoisotopic (exact) mass is 493 g/mol. The van der Waals surface area contributed by atoms with E-state index in [4.69, 9.17) is 4.42 Å². The first-order valence-electron chi connectivity index (χ1n) is 11.1. The fraction of sp³-hybridized carbons (Fsp3) is 0.296. The smallest absolute Gasteiger partial charge is 0.872 e. The van der Waals surface area contributed by atoms with Crippen molar-refractivity contribution in [1.29, 1.82) is 0 Å². The molecule has 0 fully saturated rings. The van der Waals surface area contributed by atoms with Gasteiger partial charge in [0, 0.05) is 22.1 Å². The molecule has 0 radical (unpaired) electrons. The summed E-state index contributed by atoms with van der Waals surface area (Å²) in [5.41, 5.74) is 3.57. The second kappa shape index (κ2) is 14.2. The molecule has 0 atom stereocenters. The maximum atomic E-state index is 12.5. The molecule has 174 valence electrons. The SMILES string of the molecule is CC.CC.Cc1cc2c(-c3cccc(C(=O)[O-])n3)c3cc(C)c(=O)c(C)c-3oc2c(C)c1[O-].[Na+].[Na+]. The molecule has 6 nitrogen and oxygen atoms in total. The Balaban J connectivity index is 0.00000183. The van der Waals surface area contributed by atoms with Gasteiger partial charge in [-0.25, -0.2) is 4.98 Å². The summed E-state index contributed by atoms with van der Waals surface area (Å²) in [5, 5.41) is 24.5. The van der Waals surface area contributed by atoms with Crippen molar-refractivity contribution in [3.05, 3.63) is 68.5 Å². The first kappa shape index (κ1) is 33.3. The van der Waals surface area contributed by atoms with Gasteiger partial charge in [0.1, 0.15) is 11.3 Å². The van der Waals surface area contributed by atoms with Crippen LogP contribution in [0.2, 0.25) is 0 Å². The Kier molecular flexibility index (Phi) is 13.5. The maximum Gasteiger partial charge on any atom is 1.00 e. The van der Waals surface area contributed by atoms with Crippen LogP contribution in [0.5, 0.6) is 5.75 Å². The summed E-state index contributed by atoms with van der Waals surface area (Å²) in [4.78, 5) is 28.1. The van der Waals surface area contributed by atoms with Crippen LogP contribution < -0.4 is 74.8 Å². The summed E-state index contributed by atoms with van der Waals surface area (Å²) in [6, 6.07) is 8.05. The van der Waals surface area contributed by atoms with Crippen LogP contribution in [-0.2, 0) is 0 Å². The quantitative estimate of drug-likeness (QED) is 0.254. The summed E-state index contributed by atoms with van der Waals surface area (Å²) < 4.78 is 6.06. The van der Waals surface area contributed by atoms with Crippen LogP contribution in [0.25, 0.3) is 33.6 Å². The van der Waals surface area contributed by atoms with Gasteiger partial charge in [-0.05, 0) is 63.1 Å². The summed E-state index contributed by atoms with van der Waals surface area (Å²) >= 11 is 0. The van der Waals surface area contributed by atoms with Crippen LogP contribution in [-0.4, -0.2) is 11.0 Å². The number of benzene rings is 2. The van der Waals surface area contributed by atoms with Gasteiger partial charge < -0.3 is 19.4 Å². The van der Waals surface area contributed by atoms with E-state index < -0.39 is 5.97 Å². The van der Waals surface area contributed by atoms with E-state index in [0.29, 0.717) is 55.8 Å². The number of carboxylic acid groups (broad SMARTS) is 1. The predicted molar refractivity (Wildman–Crippen MR) is 128 cm³/mol. The number of carboxylic acids is 1. The molecule has 2 heterocycles. The predicted octanol–water partition coefficient (Wildman–Crippen LogP) is -1.31. The zero-order chi connectivity index (χ0) is 25.0. The molecule has 2 aliphatic rings. The summed E-state index contributed by atoms with van der Waals surface area (Å²) in [7, 11) is 0. The van der Waals surface area contributed by atoms with E-state index in [1.165, 1.54) is 6.07 Å². The molecule has 0 spiro atoms. The Morgan fingerprint density at radius 1 is 0.914 bits per heavy atom. The number of rotatable bonds is 2. The first-order chi connectivity index (χ1) is 15.7. The molecule has 0 saturated carbocycles. The largest absolute Gasteiger partial charge is 1.00 e. The standard InChI is InChI=1S/C23H19NO5.2C2H6.2Na/c1-10-8-14-18(16-6-5-7-17(24-16)23(27)28)15-9-11(2)20(26)13(4)22(15)29-21(14)12(3)19(10)25;2*1-2;;/h5-9,25H,1-4H3,(H,27,28);2*1-2H3;;/q;;;2*+1/p-2. The number of nitrogens with zero attached hydrogens (tertiary/aromatic N) is 1. The van der Waals surface area contributed by atoms with Gasteiger partial charge in [-0.2, -0.15) is 0 Å². The third-order valence-corrected chi connectivity index (χ3v) is 5.25. The topological polar surface area (TPSA) is 106 Å². The van der Waals surface area contributed by atoms with E-state index in [2.05, 4.69) is 4.98 Å². The first-order valence-corrected chi connectivity index (χ1v) is 11.1. The number of fused-ring (bicyclic) bond motifs is 2. The molecule has 4 rings (SSSR count). The van der Waals surface area contributed by atoms with Gasteiger partial charge in [0.05, 0.1) is 17.4 Å². The number of pyridine rings is 1. The molecule has 1 aliphatic heterocycles. The van der Waals surface area contributed by atoms with Crippen molar-refractivity contribution >= 4 is 16.9 Å². The fourth-order valence-electron chi connectivity index (χ4n) is 3.74. The Labute approximate surface area is 250 Å². The summed E-state index contributed by atoms with van der Waals surface area (Å²) in [5.74, 6) is -1.17. The second-order valence-corrected chi connectivity index (χ2v) is 7.22. The van der Waals surface area contributed by atoms with E-state index >= 15 is 0 Å². The number of carbonyl (C=O) groups excluding carboxylic acids is 1. The number of aromatic nitrogens is 1. The van der Waals surface area contributed by atoms with Crippen LogP contribution in [0.15, 0.2) is 39.5 Å². The zero-order valence-electron chi connectivity index (χ0n) is 22.4. The van der Waals surface area contributed by atoms with Gasteiger partial charge in [0.15, 0.2) is 5.43 Å². The second-order valence-electron chi connectivity index (χ2n) is 7.22. The molecule has 1 aromatic heterocycles. The average Bonchev–Trinajstić information content (AvgIpc) is 2.83. The van der Waals surface area contributed by atoms with Crippen molar-refractivity contribution in [2.45, 2.75) is 55.4 Å². The van der Waals surface area contributed by atoms with Crippen molar-refractivity contribution in [3.8, 4) is 28.3 Å². The van der Waals surface area contributed by atoms with Crippen molar-refractivity contribution < 1.29 is 78.5 Å². The third-order valence-electron chi connectivity index (χ3n) is 5.25. The average molecular weight is 494 g/mol. The van der Waals surface area contributed by atoms with Crippen LogP contribution in [0.1, 0.15) is 60.4 Å². The minimum absolute atomic E-state index is 0. The molecule has 1 aliphatic carbocycles. The molecule has 2 aromatic rings. The van der Waals surface area contributed by atoms with Crippen molar-refractivity contribution in [2.75, 3.05) is 0 Å². The maximum absolute atomic E-state index is 12.5. The molecule has 8 heteroatoms. The van der Waals surface area contributed by atoms with Gasteiger partial charge in [-0.1, -0.05) is 45.1 Å². The van der Waals surface area contributed by atoms with E-state index in [9.17, 15) is 19.8 Å². The van der Waals surface area contributed by atoms with Gasteiger partial charge in [-0.15, -0.1) is 0 Å². The van der Waals surface area contributed by atoms with Crippen molar-refractivity contribution in [1.82, 2.24) is 4.98 Å². The Hall–Kier alpha value is -1.67. The van der Waals surface area contributed by atoms with Crippen LogP contribution in [0.3, 0.4) is 0 Å². The Morgan fingerprint density at radius 2 is 1.51 bits per heavy atom. The van der Waals surface area contributed by atoms with Crippen molar-refractivity contribution in [3.63, 3.8) is 0 Å². The molecule has 0 saturated heterocycles. The minimum atomic E-state index is -1.38. The molecule has 0 N–H and O–H groups in total. The van der Waals surface area contributed by atoms with Crippen LogP contribution >= 0.6 is 0 Å². The number of hydrogen-bond acceptors (Lipinski definition) is 6. The van der Waals surface area contributed by atoms with Gasteiger partial charge in [0.2, 0.25) is 0 Å². The van der Waals surface area contributed by atoms with Gasteiger partial charge in [-0.3, -0.25) is 4.79 Å². The summed E-state index contributed by atoms with van der Waals surface area (Å²) in [6.45, 7) is 14.8. The zero-order valence-corrected chi connectivity index (χ0v) is 26.4. The normalized spacial score (nSPS) is 9.71. The molecule has 0 amide bonds. The number of carbonyl (C=O) groups is 1. The van der Waals surface area contributed by atoms with E-state index in [1.54, 1.807) is 52.0 Å². The number of aromatic carboxylic acids is 1. The molecular formula is C27H29NNa2O5. The van der Waals surface area contributed by atoms with Gasteiger partial charge in [0.25, 0.3) is 0 Å². The van der Waals surface area contributed by atoms with Crippen molar-refractivity contribution in [2.24, 2.45) is 0 Å². The van der Waals surface area contributed by atoms with E-state index in [-0.39, 0.29) is 76.0 Å². The number of hydrogen-bond donors (Lipinski definition) is 0.